The van der Waals surface area contributed by atoms with Crippen molar-refractivity contribution >= 4 is 12.3 Å². The minimum atomic E-state index is -0.356. The van der Waals surface area contributed by atoms with Crippen LogP contribution in [0.5, 0.6) is 5.75 Å². The number of carbonyl (C=O) groups excluding carboxylic acids is 1. The molecule has 1 aromatic carbocycles. The zero-order chi connectivity index (χ0) is 14.8. The molecule has 0 aliphatic carbocycles. The fraction of sp³-hybridized carbons (Fsp3) is 0.357. The summed E-state index contributed by atoms with van der Waals surface area (Å²) in [6.07, 6.45) is 3.00. The molecule has 0 fully saturated rings. The molecule has 0 saturated carbocycles. The number of methoxy groups -OCH3 is 1. The first kappa shape index (κ1) is 15.5. The number of benzene rings is 1. The highest BCUT2D eigenvalue weighted by Gasteiger charge is 2.09. The number of aliphatic imine (C=N–C) groups is 1. The van der Waals surface area contributed by atoms with Gasteiger partial charge in [-0.2, -0.15) is 10.3 Å². The first-order valence-electron chi connectivity index (χ1n) is 6.14. The summed E-state index contributed by atoms with van der Waals surface area (Å²) in [5, 5.41) is 8.48. The molecule has 0 N–H and O–H groups in total. The van der Waals surface area contributed by atoms with Crippen molar-refractivity contribution in [2.24, 2.45) is 4.99 Å². The first-order chi connectivity index (χ1) is 9.69. The van der Waals surface area contributed by atoms with Crippen LogP contribution in [0.4, 0.5) is 0 Å². The Balaban J connectivity index is 2.70. The Morgan fingerprint density at radius 1 is 1.45 bits per heavy atom. The number of carbonyl (C=O) groups is 1. The predicted molar refractivity (Wildman–Crippen MR) is 74.1 cm³/mol. The van der Waals surface area contributed by atoms with Gasteiger partial charge in [0, 0.05) is 6.54 Å². The number of ether oxygens (including phenoxy) is 2. The molecule has 0 atom stereocenters. The Labute approximate surface area is 118 Å². The van der Waals surface area contributed by atoms with Crippen molar-refractivity contribution in [2.75, 3.05) is 20.3 Å². The third-order valence-electron chi connectivity index (χ3n) is 2.46. The van der Waals surface area contributed by atoms with Gasteiger partial charge in [0.25, 0.3) is 0 Å². The zero-order valence-electron chi connectivity index (χ0n) is 11.6. The van der Waals surface area contributed by atoms with Crippen LogP contribution in [-0.4, -0.2) is 37.5 Å². The monoisotopic (exact) mass is 275 g/mol. The third-order valence-corrected chi connectivity index (χ3v) is 2.46. The molecule has 0 saturated heterocycles. The molecule has 6 nitrogen and oxygen atoms in total. The Hall–Kier alpha value is -2.55. The molecule has 0 radical (unpaired) electrons. The van der Waals surface area contributed by atoms with Crippen molar-refractivity contribution in [1.29, 1.82) is 5.26 Å². The van der Waals surface area contributed by atoms with Gasteiger partial charge in [0.2, 0.25) is 6.19 Å². The topological polar surface area (TPSA) is 74.9 Å². The molecule has 0 heterocycles. The summed E-state index contributed by atoms with van der Waals surface area (Å²) in [4.78, 5) is 16.6. The number of nitrogens with zero attached hydrogens (tertiary/aromatic N) is 3. The fourth-order valence-corrected chi connectivity index (χ4v) is 1.58. The lowest BCUT2D eigenvalue weighted by Gasteiger charge is -2.18. The van der Waals surface area contributed by atoms with Gasteiger partial charge in [-0.15, -0.1) is 0 Å². The minimum absolute atomic E-state index is 0.0467. The average molecular weight is 275 g/mol. The number of nitriles is 1. The summed E-state index contributed by atoms with van der Waals surface area (Å²) in [5.41, 5.74) is 0.972. The van der Waals surface area contributed by atoms with E-state index in [-0.39, 0.29) is 12.5 Å². The van der Waals surface area contributed by atoms with Crippen LogP contribution in [-0.2, 0) is 16.1 Å². The Morgan fingerprint density at radius 3 is 2.70 bits per heavy atom. The lowest BCUT2D eigenvalue weighted by atomic mass is 10.2. The van der Waals surface area contributed by atoms with Gasteiger partial charge < -0.3 is 14.4 Å². The Bertz CT molecular complexity index is 491. The molecule has 0 unspecified atom stereocenters. The van der Waals surface area contributed by atoms with E-state index >= 15 is 0 Å². The molecule has 1 rings (SSSR count). The number of hydrogen-bond donors (Lipinski definition) is 0. The van der Waals surface area contributed by atoms with E-state index in [1.165, 1.54) is 6.34 Å². The maximum atomic E-state index is 11.5. The number of rotatable bonds is 7. The fourth-order valence-electron chi connectivity index (χ4n) is 1.58. The first-order valence-corrected chi connectivity index (χ1v) is 6.14. The van der Waals surface area contributed by atoms with Gasteiger partial charge in [-0.3, -0.25) is 4.79 Å². The molecule has 106 valence electrons. The minimum Gasteiger partial charge on any atom is -0.497 e. The van der Waals surface area contributed by atoms with Gasteiger partial charge in [0.15, 0.2) is 0 Å². The van der Waals surface area contributed by atoms with Gasteiger partial charge >= 0.3 is 5.97 Å². The normalized spacial score (nSPS) is 10.1. The van der Waals surface area contributed by atoms with Crippen molar-refractivity contribution in [3.63, 3.8) is 0 Å². The molecule has 0 spiro atoms. The zero-order valence-corrected chi connectivity index (χ0v) is 11.6. The van der Waals surface area contributed by atoms with E-state index in [1.807, 2.05) is 24.3 Å². The average Bonchev–Trinajstić information content (AvgIpc) is 2.45. The molecule has 1 aromatic rings. The van der Waals surface area contributed by atoms with Crippen LogP contribution in [0.15, 0.2) is 29.3 Å². The van der Waals surface area contributed by atoms with Crippen molar-refractivity contribution in [1.82, 2.24) is 4.90 Å². The van der Waals surface area contributed by atoms with E-state index < -0.39 is 0 Å². The van der Waals surface area contributed by atoms with Crippen LogP contribution in [0.3, 0.4) is 0 Å². The molecule has 0 aromatic heterocycles. The van der Waals surface area contributed by atoms with Crippen molar-refractivity contribution in [2.45, 2.75) is 13.5 Å². The summed E-state index contributed by atoms with van der Waals surface area (Å²) < 4.78 is 9.96. The van der Waals surface area contributed by atoms with Gasteiger partial charge in [-0.1, -0.05) is 12.1 Å². The maximum Gasteiger partial charge on any atom is 0.325 e. The lowest BCUT2D eigenvalue weighted by molar-refractivity contribution is -0.143. The summed E-state index contributed by atoms with van der Waals surface area (Å²) >= 11 is 0. The van der Waals surface area contributed by atoms with E-state index in [2.05, 4.69) is 4.99 Å². The standard InChI is InChI=1S/C14H17N3O3/c1-3-20-14(18)9-17(11-16-10-15)8-12-4-6-13(19-2)7-5-12/h4-7,11H,3,8-9H2,1-2H3. The Kier molecular flexibility index (Phi) is 6.62. The second-order valence-electron chi connectivity index (χ2n) is 3.90. The smallest absolute Gasteiger partial charge is 0.325 e. The van der Waals surface area contributed by atoms with Gasteiger partial charge in [0.1, 0.15) is 18.6 Å². The van der Waals surface area contributed by atoms with Crippen LogP contribution in [0.2, 0.25) is 0 Å². The van der Waals surface area contributed by atoms with Crippen LogP contribution in [0.1, 0.15) is 12.5 Å². The summed E-state index contributed by atoms with van der Waals surface area (Å²) in [7, 11) is 1.60. The van der Waals surface area contributed by atoms with Crippen LogP contribution >= 0.6 is 0 Å². The van der Waals surface area contributed by atoms with Crippen molar-refractivity contribution in [3.8, 4) is 11.9 Å². The molecule has 0 bridgehead atoms. The van der Waals surface area contributed by atoms with Crippen LogP contribution in [0, 0.1) is 11.5 Å². The van der Waals surface area contributed by atoms with Crippen molar-refractivity contribution < 1.29 is 14.3 Å². The molecule has 0 amide bonds. The highest BCUT2D eigenvalue weighted by atomic mass is 16.5. The van der Waals surface area contributed by atoms with Gasteiger partial charge in [-0.25, -0.2) is 0 Å². The van der Waals surface area contributed by atoms with Crippen LogP contribution < -0.4 is 4.74 Å². The molecular weight excluding hydrogens is 258 g/mol. The highest BCUT2D eigenvalue weighted by Crippen LogP contribution is 2.12. The van der Waals surface area contributed by atoms with E-state index in [0.29, 0.717) is 13.2 Å². The van der Waals surface area contributed by atoms with Crippen molar-refractivity contribution in [3.05, 3.63) is 29.8 Å². The summed E-state index contributed by atoms with van der Waals surface area (Å²) in [5.74, 6) is 0.404. The predicted octanol–water partition coefficient (Wildman–Crippen LogP) is 1.57. The lowest BCUT2D eigenvalue weighted by Crippen LogP contribution is -2.29. The van der Waals surface area contributed by atoms with E-state index in [1.54, 1.807) is 25.1 Å². The molecule has 20 heavy (non-hydrogen) atoms. The second kappa shape index (κ2) is 8.53. The molecular formula is C14H17N3O3. The quantitative estimate of drug-likeness (QED) is 0.327. The van der Waals surface area contributed by atoms with E-state index in [0.717, 1.165) is 11.3 Å². The molecule has 0 aliphatic heterocycles. The van der Waals surface area contributed by atoms with E-state index in [9.17, 15) is 4.79 Å². The van der Waals surface area contributed by atoms with Gasteiger partial charge in [0.05, 0.1) is 13.7 Å². The maximum absolute atomic E-state index is 11.5. The second-order valence-corrected chi connectivity index (χ2v) is 3.90. The van der Waals surface area contributed by atoms with Crippen LogP contribution in [0.25, 0.3) is 0 Å². The molecule has 6 heteroatoms. The highest BCUT2D eigenvalue weighted by molar-refractivity contribution is 5.75. The van der Waals surface area contributed by atoms with Gasteiger partial charge in [-0.05, 0) is 24.6 Å². The third kappa shape index (κ3) is 5.40. The van der Waals surface area contributed by atoms with E-state index in [4.69, 9.17) is 14.7 Å². The summed E-state index contributed by atoms with van der Waals surface area (Å²) in [6, 6.07) is 7.44. The summed E-state index contributed by atoms with van der Waals surface area (Å²) in [6.45, 7) is 2.57. The largest absolute Gasteiger partial charge is 0.497 e. The number of esters is 1. The SMILES string of the molecule is CCOC(=O)CN(C=NC#N)Cc1ccc(OC)cc1. The number of hydrogen-bond acceptors (Lipinski definition) is 5. The Morgan fingerprint density at radius 2 is 2.15 bits per heavy atom. The molecule has 0 aliphatic rings.